The minimum absolute atomic E-state index is 0.627. The number of rotatable bonds is 4. The molecule has 4 heteroatoms. The van der Waals surface area contributed by atoms with Crippen LogP contribution in [0.15, 0.2) is 12.1 Å². The summed E-state index contributed by atoms with van der Waals surface area (Å²) in [6.07, 6.45) is 1.05. The fraction of sp³-hybridized carbons (Fsp3) is 0.462. The van der Waals surface area contributed by atoms with E-state index in [4.69, 9.17) is 5.73 Å². The molecule has 2 aromatic rings. The van der Waals surface area contributed by atoms with E-state index in [0.29, 0.717) is 6.54 Å². The normalized spacial score (nSPS) is 11.1. The molecule has 2 N–H and O–H groups in total. The summed E-state index contributed by atoms with van der Waals surface area (Å²) < 4.78 is 2.10. The summed E-state index contributed by atoms with van der Waals surface area (Å²) in [6.45, 7) is 7.90. The first kappa shape index (κ1) is 12.3. The highest BCUT2D eigenvalue weighted by Gasteiger charge is 2.10. The molecule has 0 fully saturated rings. The van der Waals surface area contributed by atoms with Gasteiger partial charge in [0.2, 0.25) is 0 Å². The van der Waals surface area contributed by atoms with Crippen molar-refractivity contribution in [3.05, 3.63) is 38.8 Å². The van der Waals surface area contributed by atoms with Gasteiger partial charge < -0.3 is 5.73 Å². The third kappa shape index (κ3) is 2.42. The average Bonchev–Trinajstić information content (AvgIpc) is 2.86. The second-order valence-electron chi connectivity index (χ2n) is 4.23. The van der Waals surface area contributed by atoms with Gasteiger partial charge in [0.1, 0.15) is 0 Å². The largest absolute Gasteiger partial charge is 0.326 e. The van der Waals surface area contributed by atoms with Crippen LogP contribution in [0.25, 0.3) is 0 Å². The van der Waals surface area contributed by atoms with Crippen molar-refractivity contribution >= 4 is 11.3 Å². The Morgan fingerprint density at radius 3 is 2.53 bits per heavy atom. The SMILES string of the molecule is CCc1c(C)nn(Cc2ccc(CN)s2)c1C. The maximum Gasteiger partial charge on any atom is 0.0755 e. The quantitative estimate of drug-likeness (QED) is 0.905. The predicted octanol–water partition coefficient (Wildman–Crippen LogP) is 2.63. The maximum absolute atomic E-state index is 5.62. The molecule has 17 heavy (non-hydrogen) atoms. The molecule has 0 radical (unpaired) electrons. The number of hydrogen-bond acceptors (Lipinski definition) is 3. The second kappa shape index (κ2) is 5.02. The molecule has 2 rings (SSSR count). The zero-order valence-corrected chi connectivity index (χ0v) is 11.5. The summed E-state index contributed by atoms with van der Waals surface area (Å²) >= 11 is 1.77. The molecule has 0 saturated carbocycles. The first-order chi connectivity index (χ1) is 8.15. The van der Waals surface area contributed by atoms with Crippen molar-refractivity contribution in [1.29, 1.82) is 0 Å². The van der Waals surface area contributed by atoms with Crippen molar-refractivity contribution in [2.75, 3.05) is 0 Å². The van der Waals surface area contributed by atoms with Crippen LogP contribution in [0.3, 0.4) is 0 Å². The smallest absolute Gasteiger partial charge is 0.0755 e. The molecule has 0 aliphatic heterocycles. The highest BCUT2D eigenvalue weighted by Crippen LogP contribution is 2.20. The van der Waals surface area contributed by atoms with Crippen molar-refractivity contribution in [3.63, 3.8) is 0 Å². The van der Waals surface area contributed by atoms with Crippen molar-refractivity contribution in [2.45, 2.75) is 40.3 Å². The van der Waals surface area contributed by atoms with Gasteiger partial charge in [-0.15, -0.1) is 11.3 Å². The van der Waals surface area contributed by atoms with E-state index < -0.39 is 0 Å². The van der Waals surface area contributed by atoms with E-state index in [0.717, 1.165) is 18.7 Å². The Morgan fingerprint density at radius 1 is 1.29 bits per heavy atom. The molecule has 0 atom stereocenters. The van der Waals surface area contributed by atoms with Crippen molar-refractivity contribution in [2.24, 2.45) is 5.73 Å². The number of hydrogen-bond donors (Lipinski definition) is 1. The van der Waals surface area contributed by atoms with Crippen LogP contribution in [0.4, 0.5) is 0 Å². The highest BCUT2D eigenvalue weighted by molar-refractivity contribution is 7.11. The lowest BCUT2D eigenvalue weighted by molar-refractivity contribution is 0.665. The highest BCUT2D eigenvalue weighted by atomic mass is 32.1. The molecule has 0 saturated heterocycles. The molecule has 0 amide bonds. The zero-order valence-electron chi connectivity index (χ0n) is 10.7. The molecule has 0 aliphatic rings. The van der Waals surface area contributed by atoms with Crippen LogP contribution in [0.1, 0.15) is 33.6 Å². The van der Waals surface area contributed by atoms with Crippen LogP contribution in [0, 0.1) is 13.8 Å². The standard InChI is InChI=1S/C13H19N3S/c1-4-13-9(2)15-16(10(13)3)8-12-6-5-11(7-14)17-12/h5-6H,4,7-8,14H2,1-3H3. The number of nitrogens with zero attached hydrogens (tertiary/aromatic N) is 2. The minimum Gasteiger partial charge on any atom is -0.326 e. The molecule has 0 unspecified atom stereocenters. The Kier molecular flexibility index (Phi) is 3.64. The van der Waals surface area contributed by atoms with Crippen LogP contribution in [-0.2, 0) is 19.5 Å². The first-order valence-corrected chi connectivity index (χ1v) is 6.77. The summed E-state index contributed by atoms with van der Waals surface area (Å²) in [5, 5.41) is 4.60. The second-order valence-corrected chi connectivity index (χ2v) is 5.49. The first-order valence-electron chi connectivity index (χ1n) is 5.96. The van der Waals surface area contributed by atoms with Crippen LogP contribution >= 0.6 is 11.3 Å². The molecule has 0 aliphatic carbocycles. The molecule has 92 valence electrons. The third-order valence-electron chi connectivity index (χ3n) is 3.11. The maximum atomic E-state index is 5.62. The fourth-order valence-corrected chi connectivity index (χ4v) is 3.04. The van der Waals surface area contributed by atoms with Crippen LogP contribution < -0.4 is 5.73 Å². The fourth-order valence-electron chi connectivity index (χ4n) is 2.16. The number of nitrogens with two attached hydrogens (primary N) is 1. The number of aryl methyl sites for hydroxylation is 1. The monoisotopic (exact) mass is 249 g/mol. The molecule has 0 bridgehead atoms. The van der Waals surface area contributed by atoms with Gasteiger partial charge in [-0.3, -0.25) is 4.68 Å². The van der Waals surface area contributed by atoms with Crippen molar-refractivity contribution < 1.29 is 0 Å². The van der Waals surface area contributed by atoms with Gasteiger partial charge in [0, 0.05) is 22.0 Å². The minimum atomic E-state index is 0.627. The predicted molar refractivity (Wildman–Crippen MR) is 72.4 cm³/mol. The van der Waals surface area contributed by atoms with E-state index in [-0.39, 0.29) is 0 Å². The summed E-state index contributed by atoms with van der Waals surface area (Å²) in [5.74, 6) is 0. The van der Waals surface area contributed by atoms with E-state index in [1.807, 2.05) is 0 Å². The number of thiophene rings is 1. The van der Waals surface area contributed by atoms with E-state index in [9.17, 15) is 0 Å². The third-order valence-corrected chi connectivity index (χ3v) is 4.20. The Balaban J connectivity index is 2.24. The molecular weight excluding hydrogens is 230 g/mol. The zero-order chi connectivity index (χ0) is 12.4. The van der Waals surface area contributed by atoms with Gasteiger partial charge in [0.05, 0.1) is 12.2 Å². The topological polar surface area (TPSA) is 43.8 Å². The molecule has 2 heterocycles. The summed E-state index contributed by atoms with van der Waals surface area (Å²) in [5.41, 5.74) is 9.44. The van der Waals surface area contributed by atoms with E-state index in [1.165, 1.54) is 21.0 Å². The Hall–Kier alpha value is -1.13. The van der Waals surface area contributed by atoms with Gasteiger partial charge in [-0.1, -0.05) is 6.92 Å². The Bertz CT molecular complexity index is 511. The van der Waals surface area contributed by atoms with Gasteiger partial charge in [0.15, 0.2) is 0 Å². The number of aromatic nitrogens is 2. The Morgan fingerprint density at radius 2 is 2.00 bits per heavy atom. The van der Waals surface area contributed by atoms with E-state index >= 15 is 0 Å². The van der Waals surface area contributed by atoms with E-state index in [2.05, 4.69) is 42.7 Å². The molecule has 2 aromatic heterocycles. The van der Waals surface area contributed by atoms with Gasteiger partial charge >= 0.3 is 0 Å². The summed E-state index contributed by atoms with van der Waals surface area (Å²) in [4.78, 5) is 2.55. The van der Waals surface area contributed by atoms with Crippen molar-refractivity contribution in [3.8, 4) is 0 Å². The van der Waals surface area contributed by atoms with Gasteiger partial charge in [-0.2, -0.15) is 5.10 Å². The van der Waals surface area contributed by atoms with E-state index in [1.54, 1.807) is 11.3 Å². The van der Waals surface area contributed by atoms with Crippen LogP contribution in [0.2, 0.25) is 0 Å². The Labute approximate surface area is 106 Å². The van der Waals surface area contributed by atoms with Crippen LogP contribution in [-0.4, -0.2) is 9.78 Å². The lowest BCUT2D eigenvalue weighted by Crippen LogP contribution is -2.02. The average molecular weight is 249 g/mol. The molecule has 0 spiro atoms. The lowest BCUT2D eigenvalue weighted by atomic mass is 10.1. The molecule has 3 nitrogen and oxygen atoms in total. The van der Waals surface area contributed by atoms with Gasteiger partial charge in [-0.05, 0) is 38.0 Å². The van der Waals surface area contributed by atoms with Gasteiger partial charge in [-0.25, -0.2) is 0 Å². The molecular formula is C13H19N3S. The summed E-state index contributed by atoms with van der Waals surface area (Å²) in [7, 11) is 0. The van der Waals surface area contributed by atoms with Crippen LogP contribution in [0.5, 0.6) is 0 Å². The lowest BCUT2D eigenvalue weighted by Gasteiger charge is -2.02. The van der Waals surface area contributed by atoms with Gasteiger partial charge in [0.25, 0.3) is 0 Å². The molecule has 0 aromatic carbocycles. The summed E-state index contributed by atoms with van der Waals surface area (Å²) in [6, 6.07) is 4.25. The van der Waals surface area contributed by atoms with Crippen molar-refractivity contribution in [1.82, 2.24) is 9.78 Å².